The topological polar surface area (TPSA) is 40.5 Å². The molecule has 0 aromatic rings. The first-order valence-electron chi connectivity index (χ1n) is 5.69. The van der Waals surface area contributed by atoms with Crippen LogP contribution in [0.15, 0.2) is 0 Å². The van der Waals surface area contributed by atoms with Gasteiger partial charge in [-0.1, -0.05) is 13.8 Å². The van der Waals surface area contributed by atoms with Crippen molar-refractivity contribution >= 4 is 5.97 Å². The molecular weight excluding hydrogens is 190 g/mol. The van der Waals surface area contributed by atoms with Crippen LogP contribution in [0.5, 0.6) is 0 Å². The van der Waals surface area contributed by atoms with Gasteiger partial charge in [0.25, 0.3) is 0 Å². The number of hydrogen-bond donors (Lipinski definition) is 1. The molecule has 1 rings (SSSR count). The molecule has 0 unspecified atom stereocenters. The molecule has 1 N–H and O–H groups in total. The lowest BCUT2D eigenvalue weighted by Crippen LogP contribution is -2.46. The molecule has 3 heteroatoms. The summed E-state index contributed by atoms with van der Waals surface area (Å²) in [4.78, 5) is 13.3. The Morgan fingerprint density at radius 1 is 1.47 bits per heavy atom. The van der Waals surface area contributed by atoms with Gasteiger partial charge in [0.1, 0.15) is 0 Å². The Bertz CT molecular complexity index is 246. The van der Waals surface area contributed by atoms with Crippen LogP contribution in [0.2, 0.25) is 0 Å². The highest BCUT2D eigenvalue weighted by atomic mass is 16.4. The molecule has 1 saturated heterocycles. The average Bonchev–Trinajstić information content (AvgIpc) is 2.00. The van der Waals surface area contributed by atoms with E-state index in [1.165, 1.54) is 12.8 Å². The first-order valence-corrected chi connectivity index (χ1v) is 5.69. The lowest BCUT2D eigenvalue weighted by molar-refractivity contribution is -0.148. The summed E-state index contributed by atoms with van der Waals surface area (Å²) in [6.07, 6.45) is 2.43. The quantitative estimate of drug-likeness (QED) is 0.781. The fourth-order valence-corrected chi connectivity index (χ4v) is 2.31. The van der Waals surface area contributed by atoms with Crippen LogP contribution in [0, 0.1) is 10.8 Å². The number of carbonyl (C=O) groups is 1. The van der Waals surface area contributed by atoms with Crippen LogP contribution >= 0.6 is 0 Å². The van der Waals surface area contributed by atoms with Crippen LogP contribution in [0.1, 0.15) is 40.5 Å². The summed E-state index contributed by atoms with van der Waals surface area (Å²) < 4.78 is 0. The maximum Gasteiger partial charge on any atom is 0.310 e. The highest BCUT2D eigenvalue weighted by Gasteiger charge is 2.33. The van der Waals surface area contributed by atoms with Crippen molar-refractivity contribution in [3.63, 3.8) is 0 Å². The number of piperidine rings is 1. The Labute approximate surface area is 92.5 Å². The number of nitrogens with zero attached hydrogens (tertiary/aromatic N) is 1. The SMILES string of the molecule is CC1(C)CCCN(CC(C)(C)C(=O)O)C1. The van der Waals surface area contributed by atoms with Gasteiger partial charge in [-0.3, -0.25) is 4.79 Å². The highest BCUT2D eigenvalue weighted by molar-refractivity contribution is 5.73. The van der Waals surface area contributed by atoms with Crippen molar-refractivity contribution in [3.05, 3.63) is 0 Å². The van der Waals surface area contributed by atoms with E-state index in [-0.39, 0.29) is 0 Å². The average molecular weight is 213 g/mol. The third-order valence-electron chi connectivity index (χ3n) is 3.18. The molecule has 0 aromatic heterocycles. The Kier molecular flexibility index (Phi) is 3.44. The molecule has 0 aliphatic carbocycles. The van der Waals surface area contributed by atoms with Crippen LogP contribution in [0.4, 0.5) is 0 Å². The fourth-order valence-electron chi connectivity index (χ4n) is 2.31. The number of likely N-dealkylation sites (tertiary alicyclic amines) is 1. The van der Waals surface area contributed by atoms with Crippen molar-refractivity contribution < 1.29 is 9.90 Å². The van der Waals surface area contributed by atoms with Crippen molar-refractivity contribution in [2.45, 2.75) is 40.5 Å². The molecule has 0 amide bonds. The minimum atomic E-state index is -0.703. The van der Waals surface area contributed by atoms with Gasteiger partial charge in [0, 0.05) is 13.1 Å². The highest BCUT2D eigenvalue weighted by Crippen LogP contribution is 2.30. The van der Waals surface area contributed by atoms with Gasteiger partial charge in [0.05, 0.1) is 5.41 Å². The maximum absolute atomic E-state index is 11.0. The molecule has 1 aliphatic heterocycles. The lowest BCUT2D eigenvalue weighted by atomic mass is 9.82. The summed E-state index contributed by atoms with van der Waals surface area (Å²) in [6, 6.07) is 0. The van der Waals surface area contributed by atoms with E-state index in [4.69, 9.17) is 5.11 Å². The van der Waals surface area contributed by atoms with E-state index in [0.29, 0.717) is 12.0 Å². The normalized spacial score (nSPS) is 22.7. The second kappa shape index (κ2) is 4.12. The van der Waals surface area contributed by atoms with Crippen LogP contribution < -0.4 is 0 Å². The summed E-state index contributed by atoms with van der Waals surface area (Å²) in [5.41, 5.74) is -0.291. The molecule has 1 heterocycles. The van der Waals surface area contributed by atoms with Crippen LogP contribution in [0.3, 0.4) is 0 Å². The van der Waals surface area contributed by atoms with Gasteiger partial charge in [0.2, 0.25) is 0 Å². The Balaban J connectivity index is 2.55. The van der Waals surface area contributed by atoms with Gasteiger partial charge in [-0.2, -0.15) is 0 Å². The summed E-state index contributed by atoms with van der Waals surface area (Å²) >= 11 is 0. The minimum Gasteiger partial charge on any atom is -0.481 e. The van der Waals surface area contributed by atoms with E-state index in [0.717, 1.165) is 13.1 Å². The second-order valence-corrected chi connectivity index (χ2v) is 6.17. The van der Waals surface area contributed by atoms with Gasteiger partial charge < -0.3 is 10.0 Å². The van der Waals surface area contributed by atoms with Crippen molar-refractivity contribution in [3.8, 4) is 0 Å². The van der Waals surface area contributed by atoms with Gasteiger partial charge in [0.15, 0.2) is 0 Å². The van der Waals surface area contributed by atoms with Crippen LogP contribution in [0.25, 0.3) is 0 Å². The largest absolute Gasteiger partial charge is 0.481 e. The van der Waals surface area contributed by atoms with Crippen LogP contribution in [-0.4, -0.2) is 35.6 Å². The summed E-state index contributed by atoms with van der Waals surface area (Å²) in [6.45, 7) is 10.8. The van der Waals surface area contributed by atoms with Gasteiger partial charge in [-0.15, -0.1) is 0 Å². The molecule has 0 atom stereocenters. The molecule has 0 spiro atoms. The smallest absolute Gasteiger partial charge is 0.310 e. The molecule has 88 valence electrons. The van der Waals surface area contributed by atoms with Crippen molar-refractivity contribution in [1.82, 2.24) is 4.90 Å². The van der Waals surface area contributed by atoms with Crippen molar-refractivity contribution in [2.75, 3.05) is 19.6 Å². The Morgan fingerprint density at radius 2 is 2.07 bits per heavy atom. The summed E-state index contributed by atoms with van der Waals surface area (Å²) in [7, 11) is 0. The zero-order valence-electron chi connectivity index (χ0n) is 10.3. The van der Waals surface area contributed by atoms with E-state index >= 15 is 0 Å². The van der Waals surface area contributed by atoms with Crippen LogP contribution in [-0.2, 0) is 4.79 Å². The monoisotopic (exact) mass is 213 g/mol. The number of carboxylic acid groups (broad SMARTS) is 1. The number of carboxylic acids is 1. The number of rotatable bonds is 3. The third-order valence-corrected chi connectivity index (χ3v) is 3.18. The summed E-state index contributed by atoms with van der Waals surface area (Å²) in [5.74, 6) is -0.703. The maximum atomic E-state index is 11.0. The lowest BCUT2D eigenvalue weighted by Gasteiger charge is -2.40. The Hall–Kier alpha value is -0.570. The molecule has 1 fully saturated rings. The van der Waals surface area contributed by atoms with Crippen molar-refractivity contribution in [1.29, 1.82) is 0 Å². The zero-order chi connectivity index (χ0) is 11.7. The van der Waals surface area contributed by atoms with Gasteiger partial charge in [-0.05, 0) is 38.6 Å². The van der Waals surface area contributed by atoms with Crippen molar-refractivity contribution in [2.24, 2.45) is 10.8 Å². The summed E-state index contributed by atoms with van der Waals surface area (Å²) in [5, 5.41) is 9.08. The third kappa shape index (κ3) is 3.49. The number of aliphatic carboxylic acids is 1. The molecule has 0 saturated carbocycles. The van der Waals surface area contributed by atoms with E-state index < -0.39 is 11.4 Å². The first kappa shape index (κ1) is 12.5. The molecular formula is C12H23NO2. The molecule has 0 aromatic carbocycles. The zero-order valence-corrected chi connectivity index (χ0v) is 10.3. The molecule has 1 aliphatic rings. The van der Waals surface area contributed by atoms with E-state index in [9.17, 15) is 4.79 Å². The molecule has 0 radical (unpaired) electrons. The van der Waals surface area contributed by atoms with E-state index in [2.05, 4.69) is 18.7 Å². The van der Waals surface area contributed by atoms with Gasteiger partial charge >= 0.3 is 5.97 Å². The van der Waals surface area contributed by atoms with Gasteiger partial charge in [-0.25, -0.2) is 0 Å². The predicted octanol–water partition coefficient (Wildman–Crippen LogP) is 2.22. The molecule has 0 bridgehead atoms. The molecule has 15 heavy (non-hydrogen) atoms. The Morgan fingerprint density at radius 3 is 2.53 bits per heavy atom. The first-order chi connectivity index (χ1) is 6.73. The second-order valence-electron chi connectivity index (χ2n) is 6.17. The minimum absolute atomic E-state index is 0.340. The molecule has 3 nitrogen and oxygen atoms in total. The standard InChI is InChI=1S/C12H23NO2/c1-11(2)6-5-7-13(8-11)9-12(3,4)10(14)15/h5-9H2,1-4H3,(H,14,15). The number of hydrogen-bond acceptors (Lipinski definition) is 2. The predicted molar refractivity (Wildman–Crippen MR) is 60.9 cm³/mol. The van der Waals surface area contributed by atoms with E-state index in [1.807, 2.05) is 0 Å². The van der Waals surface area contributed by atoms with E-state index in [1.54, 1.807) is 13.8 Å². The fraction of sp³-hybridized carbons (Fsp3) is 0.917.